The number of halogens is 1. The molecule has 15 heavy (non-hydrogen) atoms. The number of aliphatic carboxylic acids is 1. The number of hydrogen-bond acceptors (Lipinski definition) is 2. The van der Waals surface area contributed by atoms with Crippen LogP contribution in [0.5, 0.6) is 0 Å². The first-order valence-corrected chi connectivity index (χ1v) is 5.06. The first kappa shape index (κ1) is 12.0. The maximum absolute atomic E-state index is 10.6. The largest absolute Gasteiger partial charge is 0.481 e. The normalized spacial score (nSPS) is 14.6. The quantitative estimate of drug-likeness (QED) is 0.832. The highest BCUT2D eigenvalue weighted by Gasteiger charge is 2.30. The van der Waals surface area contributed by atoms with Gasteiger partial charge in [-0.1, -0.05) is 30.7 Å². The fourth-order valence-electron chi connectivity index (χ4n) is 1.46. The predicted molar refractivity (Wildman–Crippen MR) is 57.9 cm³/mol. The molecule has 4 heteroatoms. The van der Waals surface area contributed by atoms with Crippen LogP contribution < -0.4 is 0 Å². The van der Waals surface area contributed by atoms with Crippen LogP contribution in [0, 0.1) is 0 Å². The van der Waals surface area contributed by atoms with Gasteiger partial charge in [0.05, 0.1) is 12.0 Å². The Balaban J connectivity index is 3.05. The van der Waals surface area contributed by atoms with Gasteiger partial charge in [-0.3, -0.25) is 4.79 Å². The van der Waals surface area contributed by atoms with Gasteiger partial charge in [0.2, 0.25) is 0 Å². The molecule has 0 spiro atoms. The Bertz CT molecular complexity index is 365. The first-order chi connectivity index (χ1) is 6.98. The molecule has 0 aromatic heterocycles. The Morgan fingerprint density at radius 2 is 2.20 bits per heavy atom. The van der Waals surface area contributed by atoms with Gasteiger partial charge in [0.25, 0.3) is 0 Å². The van der Waals surface area contributed by atoms with E-state index in [1.807, 2.05) is 0 Å². The highest BCUT2D eigenvalue weighted by Crippen LogP contribution is 2.30. The Kier molecular flexibility index (Phi) is 3.72. The molecular weight excluding hydrogens is 216 g/mol. The summed E-state index contributed by atoms with van der Waals surface area (Å²) in [5, 5.41) is 19.4. The molecule has 82 valence electrons. The number of carbonyl (C=O) groups is 1. The minimum atomic E-state index is -1.34. The first-order valence-electron chi connectivity index (χ1n) is 4.68. The molecule has 0 fully saturated rings. The average molecular weight is 229 g/mol. The fourth-order valence-corrected chi connectivity index (χ4v) is 1.65. The molecule has 0 heterocycles. The minimum Gasteiger partial charge on any atom is -0.481 e. The maximum Gasteiger partial charge on any atom is 0.306 e. The van der Waals surface area contributed by atoms with Gasteiger partial charge in [0.15, 0.2) is 0 Å². The van der Waals surface area contributed by atoms with E-state index in [1.165, 1.54) is 0 Å². The van der Waals surface area contributed by atoms with Gasteiger partial charge in [-0.25, -0.2) is 0 Å². The van der Waals surface area contributed by atoms with Gasteiger partial charge in [-0.2, -0.15) is 0 Å². The van der Waals surface area contributed by atoms with Crippen molar-refractivity contribution in [2.24, 2.45) is 0 Å². The molecule has 0 aliphatic carbocycles. The zero-order valence-electron chi connectivity index (χ0n) is 8.40. The van der Waals surface area contributed by atoms with Crippen LogP contribution in [0.2, 0.25) is 5.02 Å². The van der Waals surface area contributed by atoms with E-state index in [0.29, 0.717) is 17.0 Å². The van der Waals surface area contributed by atoms with Crippen LogP contribution in [0.1, 0.15) is 25.3 Å². The second kappa shape index (κ2) is 4.64. The Morgan fingerprint density at radius 1 is 1.53 bits per heavy atom. The lowest BCUT2D eigenvalue weighted by Gasteiger charge is -2.25. The van der Waals surface area contributed by atoms with E-state index in [9.17, 15) is 9.90 Å². The summed E-state index contributed by atoms with van der Waals surface area (Å²) in [5.74, 6) is -1.03. The number of benzene rings is 1. The van der Waals surface area contributed by atoms with Crippen molar-refractivity contribution in [1.82, 2.24) is 0 Å². The molecular formula is C11H13ClO3. The fraction of sp³-hybridized carbons (Fsp3) is 0.364. The molecule has 0 radical (unpaired) electrons. The van der Waals surface area contributed by atoms with E-state index in [0.717, 1.165) is 0 Å². The molecule has 0 aliphatic heterocycles. The molecule has 2 N–H and O–H groups in total. The monoisotopic (exact) mass is 228 g/mol. The molecule has 0 bridgehead atoms. The third kappa shape index (κ3) is 2.94. The van der Waals surface area contributed by atoms with E-state index < -0.39 is 11.6 Å². The van der Waals surface area contributed by atoms with Crippen LogP contribution in [0.25, 0.3) is 0 Å². The second-order valence-electron chi connectivity index (χ2n) is 3.47. The number of rotatable bonds is 4. The number of carboxylic acids is 1. The smallest absolute Gasteiger partial charge is 0.306 e. The van der Waals surface area contributed by atoms with Gasteiger partial charge in [0.1, 0.15) is 0 Å². The van der Waals surface area contributed by atoms with Crippen LogP contribution in [0.4, 0.5) is 0 Å². The molecule has 1 rings (SSSR count). The Morgan fingerprint density at radius 3 is 2.67 bits per heavy atom. The molecule has 1 unspecified atom stereocenters. The summed E-state index contributed by atoms with van der Waals surface area (Å²) in [6, 6.07) is 6.65. The van der Waals surface area contributed by atoms with Crippen molar-refractivity contribution >= 4 is 17.6 Å². The second-order valence-corrected chi connectivity index (χ2v) is 3.90. The lowest BCUT2D eigenvalue weighted by atomic mass is 9.88. The molecule has 0 saturated carbocycles. The number of aliphatic hydroxyl groups is 1. The van der Waals surface area contributed by atoms with Crippen LogP contribution in [0.15, 0.2) is 24.3 Å². The molecule has 3 nitrogen and oxygen atoms in total. The van der Waals surface area contributed by atoms with Gasteiger partial charge in [-0.15, -0.1) is 0 Å². The van der Waals surface area contributed by atoms with Crippen molar-refractivity contribution in [3.8, 4) is 0 Å². The third-order valence-electron chi connectivity index (χ3n) is 2.39. The average Bonchev–Trinajstić information content (AvgIpc) is 2.16. The van der Waals surface area contributed by atoms with Crippen molar-refractivity contribution in [2.45, 2.75) is 25.4 Å². The summed E-state index contributed by atoms with van der Waals surface area (Å²) >= 11 is 5.79. The molecule has 1 aromatic carbocycles. The van der Waals surface area contributed by atoms with Crippen molar-refractivity contribution < 1.29 is 15.0 Å². The van der Waals surface area contributed by atoms with Gasteiger partial charge >= 0.3 is 5.97 Å². The summed E-state index contributed by atoms with van der Waals surface area (Å²) in [7, 11) is 0. The Hall–Kier alpha value is -1.06. The zero-order valence-corrected chi connectivity index (χ0v) is 9.16. The molecule has 0 aliphatic rings. The summed E-state index contributed by atoms with van der Waals surface area (Å²) in [5.41, 5.74) is -0.795. The van der Waals surface area contributed by atoms with Gasteiger partial charge in [0, 0.05) is 5.02 Å². The van der Waals surface area contributed by atoms with Crippen molar-refractivity contribution in [1.29, 1.82) is 0 Å². The minimum absolute atomic E-state index is 0.316. The molecule has 0 amide bonds. The van der Waals surface area contributed by atoms with E-state index >= 15 is 0 Å². The van der Waals surface area contributed by atoms with Crippen LogP contribution >= 0.6 is 11.6 Å². The zero-order chi connectivity index (χ0) is 11.5. The highest BCUT2D eigenvalue weighted by atomic mass is 35.5. The highest BCUT2D eigenvalue weighted by molar-refractivity contribution is 6.30. The van der Waals surface area contributed by atoms with E-state index in [4.69, 9.17) is 16.7 Å². The maximum atomic E-state index is 10.6. The summed E-state index contributed by atoms with van der Waals surface area (Å²) in [6.07, 6.45) is 0.0173. The number of hydrogen-bond donors (Lipinski definition) is 2. The van der Waals surface area contributed by atoms with Crippen LogP contribution in [-0.4, -0.2) is 16.2 Å². The summed E-state index contributed by atoms with van der Waals surface area (Å²) < 4.78 is 0. The van der Waals surface area contributed by atoms with E-state index in [-0.39, 0.29) is 6.42 Å². The van der Waals surface area contributed by atoms with Crippen LogP contribution in [-0.2, 0) is 10.4 Å². The predicted octanol–water partition coefficient (Wildman–Crippen LogP) is 2.41. The van der Waals surface area contributed by atoms with E-state index in [2.05, 4.69) is 0 Å². The van der Waals surface area contributed by atoms with Crippen LogP contribution in [0.3, 0.4) is 0 Å². The SMILES string of the molecule is CCC(O)(CC(=O)O)c1cccc(Cl)c1. The Labute approximate surface area is 93.3 Å². The lowest BCUT2D eigenvalue weighted by Crippen LogP contribution is -2.28. The van der Waals surface area contributed by atoms with Crippen molar-refractivity contribution in [2.75, 3.05) is 0 Å². The van der Waals surface area contributed by atoms with Crippen molar-refractivity contribution in [3.05, 3.63) is 34.9 Å². The third-order valence-corrected chi connectivity index (χ3v) is 2.63. The summed E-state index contributed by atoms with van der Waals surface area (Å²) in [6.45, 7) is 1.74. The van der Waals surface area contributed by atoms with Gasteiger partial charge < -0.3 is 10.2 Å². The van der Waals surface area contributed by atoms with E-state index in [1.54, 1.807) is 31.2 Å². The van der Waals surface area contributed by atoms with Gasteiger partial charge in [-0.05, 0) is 24.1 Å². The topological polar surface area (TPSA) is 57.5 Å². The molecule has 1 atom stereocenters. The lowest BCUT2D eigenvalue weighted by molar-refractivity contribution is -0.143. The van der Waals surface area contributed by atoms with Crippen molar-refractivity contribution in [3.63, 3.8) is 0 Å². The number of carboxylic acid groups (broad SMARTS) is 1. The standard InChI is InChI=1S/C11H13ClO3/c1-2-11(15,7-10(13)14)8-4-3-5-9(12)6-8/h3-6,15H,2,7H2,1H3,(H,13,14). The molecule has 1 aromatic rings. The summed E-state index contributed by atoms with van der Waals surface area (Å²) in [4.78, 5) is 10.6. The molecule has 0 saturated heterocycles.